The largest absolute Gasteiger partial charge is 0.490 e. The van der Waals surface area contributed by atoms with Crippen molar-refractivity contribution in [2.45, 2.75) is 33.1 Å². The van der Waals surface area contributed by atoms with E-state index in [0.717, 1.165) is 12.2 Å². The molecule has 1 atom stereocenters. The topological polar surface area (TPSA) is 26.3 Å². The van der Waals surface area contributed by atoms with E-state index >= 15 is 0 Å². The summed E-state index contributed by atoms with van der Waals surface area (Å²) in [5.74, 6) is 1.60. The molecule has 2 heteroatoms. The molecule has 0 saturated carbocycles. The maximum absolute atomic E-state index is 10.6. The lowest BCUT2D eigenvalue weighted by molar-refractivity contribution is -0.120. The third-order valence-corrected chi connectivity index (χ3v) is 2.11. The van der Waals surface area contributed by atoms with Crippen molar-refractivity contribution in [3.05, 3.63) is 11.8 Å². The Hall–Kier alpha value is -0.790. The number of Topliss-reactive ketones (excluding diaryl/α,β-unsaturated/α-hetero) is 1. The van der Waals surface area contributed by atoms with Gasteiger partial charge in [0, 0.05) is 5.92 Å². The molecular formula is C10H16O2. The number of carbonyl (C=O) groups is 1. The van der Waals surface area contributed by atoms with Crippen molar-refractivity contribution >= 4 is 5.78 Å². The Morgan fingerprint density at radius 1 is 1.75 bits per heavy atom. The molecule has 0 aromatic heterocycles. The lowest BCUT2D eigenvalue weighted by atomic mass is 9.96. The molecular weight excluding hydrogens is 152 g/mol. The van der Waals surface area contributed by atoms with Crippen LogP contribution in [0.15, 0.2) is 11.8 Å². The highest BCUT2D eigenvalue weighted by molar-refractivity contribution is 5.76. The number of rotatable bonds is 3. The Balaban J connectivity index is 2.39. The summed E-state index contributed by atoms with van der Waals surface area (Å²) in [4.78, 5) is 10.6. The Kier molecular flexibility index (Phi) is 3.32. The zero-order chi connectivity index (χ0) is 8.97. The molecule has 0 spiro atoms. The molecule has 1 aliphatic rings. The minimum absolute atomic E-state index is 0.0914. The van der Waals surface area contributed by atoms with Gasteiger partial charge in [0.1, 0.15) is 6.61 Å². The predicted molar refractivity (Wildman–Crippen MR) is 47.7 cm³/mol. The van der Waals surface area contributed by atoms with Crippen LogP contribution >= 0.6 is 0 Å². The highest BCUT2D eigenvalue weighted by atomic mass is 16.5. The van der Waals surface area contributed by atoms with Crippen LogP contribution < -0.4 is 0 Å². The van der Waals surface area contributed by atoms with Gasteiger partial charge in [0.15, 0.2) is 5.78 Å². The average molecular weight is 168 g/mol. The standard InChI is InChI=1S/C10H16O2/c1-8-5-3-4-6-10(8)12-7-9(2)11/h6,8H,3-5,7H2,1-2H3. The minimum Gasteiger partial charge on any atom is -0.490 e. The highest BCUT2D eigenvalue weighted by Crippen LogP contribution is 2.24. The van der Waals surface area contributed by atoms with Gasteiger partial charge < -0.3 is 4.74 Å². The fourth-order valence-electron chi connectivity index (χ4n) is 1.40. The van der Waals surface area contributed by atoms with Gasteiger partial charge >= 0.3 is 0 Å². The monoisotopic (exact) mass is 168 g/mol. The zero-order valence-electron chi connectivity index (χ0n) is 7.80. The third-order valence-electron chi connectivity index (χ3n) is 2.11. The van der Waals surface area contributed by atoms with Crippen molar-refractivity contribution in [2.24, 2.45) is 5.92 Å². The maximum Gasteiger partial charge on any atom is 0.167 e. The van der Waals surface area contributed by atoms with E-state index in [1.54, 1.807) is 6.92 Å². The maximum atomic E-state index is 10.6. The molecule has 0 amide bonds. The third kappa shape index (κ3) is 2.68. The van der Waals surface area contributed by atoms with Crippen LogP contribution in [-0.2, 0) is 9.53 Å². The summed E-state index contributed by atoms with van der Waals surface area (Å²) in [6.07, 6.45) is 5.63. The fourth-order valence-corrected chi connectivity index (χ4v) is 1.40. The summed E-state index contributed by atoms with van der Waals surface area (Å²) >= 11 is 0. The van der Waals surface area contributed by atoms with E-state index in [4.69, 9.17) is 4.74 Å². The van der Waals surface area contributed by atoms with Gasteiger partial charge in [-0.2, -0.15) is 0 Å². The van der Waals surface area contributed by atoms with Crippen LogP contribution in [0.5, 0.6) is 0 Å². The quantitative estimate of drug-likeness (QED) is 0.646. The van der Waals surface area contributed by atoms with Crippen molar-refractivity contribution in [1.29, 1.82) is 0 Å². The molecule has 0 saturated heterocycles. The summed E-state index contributed by atoms with van der Waals surface area (Å²) in [5.41, 5.74) is 0. The van der Waals surface area contributed by atoms with Crippen molar-refractivity contribution in [3.63, 3.8) is 0 Å². The van der Waals surface area contributed by atoms with Gasteiger partial charge in [0.2, 0.25) is 0 Å². The predicted octanol–water partition coefficient (Wildman–Crippen LogP) is 2.30. The zero-order valence-corrected chi connectivity index (χ0v) is 7.80. The molecule has 2 nitrogen and oxygen atoms in total. The van der Waals surface area contributed by atoms with Crippen LogP contribution in [0.4, 0.5) is 0 Å². The summed E-state index contributed by atoms with van der Waals surface area (Å²) in [6.45, 7) is 3.93. The summed E-state index contributed by atoms with van der Waals surface area (Å²) < 4.78 is 5.37. The number of carbonyl (C=O) groups excluding carboxylic acids is 1. The van der Waals surface area contributed by atoms with Gasteiger partial charge in [0.05, 0.1) is 5.76 Å². The molecule has 0 aliphatic heterocycles. The van der Waals surface area contributed by atoms with E-state index in [0.29, 0.717) is 5.92 Å². The van der Waals surface area contributed by atoms with Crippen molar-refractivity contribution in [3.8, 4) is 0 Å². The molecule has 0 aromatic rings. The lowest BCUT2D eigenvalue weighted by Crippen LogP contribution is -2.11. The van der Waals surface area contributed by atoms with E-state index in [1.165, 1.54) is 12.8 Å². The smallest absolute Gasteiger partial charge is 0.167 e. The number of ketones is 1. The van der Waals surface area contributed by atoms with E-state index in [1.807, 2.05) is 0 Å². The van der Waals surface area contributed by atoms with Gasteiger partial charge in [-0.3, -0.25) is 4.79 Å². The Morgan fingerprint density at radius 2 is 2.50 bits per heavy atom. The van der Waals surface area contributed by atoms with E-state index in [-0.39, 0.29) is 12.4 Å². The van der Waals surface area contributed by atoms with E-state index < -0.39 is 0 Å². The van der Waals surface area contributed by atoms with Crippen LogP contribution in [0.1, 0.15) is 33.1 Å². The van der Waals surface area contributed by atoms with Crippen LogP contribution in [0, 0.1) is 5.92 Å². The number of ether oxygens (including phenoxy) is 1. The molecule has 0 bridgehead atoms. The Labute approximate surface area is 73.6 Å². The fraction of sp³-hybridized carbons (Fsp3) is 0.700. The Morgan fingerprint density at radius 3 is 3.08 bits per heavy atom. The first-order chi connectivity index (χ1) is 5.70. The van der Waals surface area contributed by atoms with Crippen molar-refractivity contribution < 1.29 is 9.53 Å². The number of hydrogen-bond donors (Lipinski definition) is 0. The summed E-state index contributed by atoms with van der Waals surface area (Å²) in [6, 6.07) is 0. The second kappa shape index (κ2) is 4.29. The van der Waals surface area contributed by atoms with E-state index in [9.17, 15) is 4.79 Å². The average Bonchev–Trinajstić information content (AvgIpc) is 2.03. The van der Waals surface area contributed by atoms with Crippen LogP contribution in [0.2, 0.25) is 0 Å². The van der Waals surface area contributed by atoms with Crippen molar-refractivity contribution in [1.82, 2.24) is 0 Å². The molecule has 0 fully saturated rings. The van der Waals surface area contributed by atoms with Gasteiger partial charge in [-0.25, -0.2) is 0 Å². The normalized spacial score (nSPS) is 23.2. The second-order valence-electron chi connectivity index (χ2n) is 3.43. The molecule has 1 aliphatic carbocycles. The van der Waals surface area contributed by atoms with E-state index in [2.05, 4.69) is 13.0 Å². The summed E-state index contributed by atoms with van der Waals surface area (Å²) in [5, 5.41) is 0. The van der Waals surface area contributed by atoms with Gasteiger partial charge in [0.25, 0.3) is 0 Å². The minimum atomic E-state index is 0.0914. The second-order valence-corrected chi connectivity index (χ2v) is 3.43. The van der Waals surface area contributed by atoms with Gasteiger partial charge in [-0.05, 0) is 32.3 Å². The molecule has 12 heavy (non-hydrogen) atoms. The molecule has 0 heterocycles. The molecule has 0 aromatic carbocycles. The number of allylic oxidation sites excluding steroid dienone is 2. The lowest BCUT2D eigenvalue weighted by Gasteiger charge is -2.20. The van der Waals surface area contributed by atoms with Crippen LogP contribution in [0.3, 0.4) is 0 Å². The SMILES string of the molecule is CC(=O)COC1=CCCCC1C. The van der Waals surface area contributed by atoms with Crippen LogP contribution in [0.25, 0.3) is 0 Å². The molecule has 0 radical (unpaired) electrons. The number of hydrogen-bond acceptors (Lipinski definition) is 2. The molecule has 0 N–H and O–H groups in total. The first-order valence-corrected chi connectivity index (χ1v) is 4.52. The van der Waals surface area contributed by atoms with Gasteiger partial charge in [-0.1, -0.05) is 6.92 Å². The molecule has 1 rings (SSSR count). The van der Waals surface area contributed by atoms with Crippen molar-refractivity contribution in [2.75, 3.05) is 6.61 Å². The highest BCUT2D eigenvalue weighted by Gasteiger charge is 2.14. The Bertz CT molecular complexity index is 194. The molecule has 1 unspecified atom stereocenters. The first-order valence-electron chi connectivity index (χ1n) is 4.52. The molecule has 68 valence electrons. The van der Waals surface area contributed by atoms with Crippen LogP contribution in [-0.4, -0.2) is 12.4 Å². The summed E-state index contributed by atoms with van der Waals surface area (Å²) in [7, 11) is 0. The first kappa shape index (κ1) is 9.30. The van der Waals surface area contributed by atoms with Gasteiger partial charge in [-0.15, -0.1) is 0 Å².